The number of methoxy groups -OCH3 is 1. The zero-order chi connectivity index (χ0) is 25.0. The molecule has 0 saturated heterocycles. The lowest BCUT2D eigenvalue weighted by Crippen LogP contribution is -2.43. The molecule has 0 unspecified atom stereocenters. The molecule has 0 saturated carbocycles. The summed E-state index contributed by atoms with van der Waals surface area (Å²) < 4.78 is 29.6. The van der Waals surface area contributed by atoms with E-state index >= 15 is 0 Å². The fourth-order valence-corrected chi connectivity index (χ4v) is 3.64. The molecule has 7 nitrogen and oxygen atoms in total. The molecule has 0 fully saturated rings. The highest BCUT2D eigenvalue weighted by Crippen LogP contribution is 2.20. The van der Waals surface area contributed by atoms with Crippen molar-refractivity contribution in [2.45, 2.75) is 26.4 Å². The van der Waals surface area contributed by atoms with Crippen LogP contribution in [0, 0.1) is 5.82 Å². The molecular formula is C27H31FN2O5. The number of rotatable bonds is 13. The zero-order valence-electron chi connectivity index (χ0n) is 20.1. The molecule has 35 heavy (non-hydrogen) atoms. The van der Waals surface area contributed by atoms with E-state index in [0.29, 0.717) is 43.3 Å². The molecule has 0 aliphatic carbocycles. The highest BCUT2D eigenvalue weighted by atomic mass is 19.1. The van der Waals surface area contributed by atoms with Gasteiger partial charge in [0.2, 0.25) is 5.91 Å². The highest BCUT2D eigenvalue weighted by molar-refractivity contribution is 5.98. The van der Waals surface area contributed by atoms with E-state index in [1.54, 1.807) is 59.7 Å². The molecule has 2 amide bonds. The summed E-state index contributed by atoms with van der Waals surface area (Å²) in [6.45, 7) is 3.64. The third-order valence-corrected chi connectivity index (χ3v) is 5.44. The SMILES string of the molecule is CCOCCCN(CC(=O)N(Cc1ccc(F)cc1)Cc1ccco1)C(=O)c1ccccc1OC. The van der Waals surface area contributed by atoms with Crippen molar-refractivity contribution in [3.63, 3.8) is 0 Å². The fourth-order valence-electron chi connectivity index (χ4n) is 3.64. The molecule has 3 aromatic rings. The van der Waals surface area contributed by atoms with Crippen molar-refractivity contribution < 1.29 is 27.9 Å². The van der Waals surface area contributed by atoms with Gasteiger partial charge in [-0.3, -0.25) is 9.59 Å². The second-order valence-corrected chi connectivity index (χ2v) is 7.93. The minimum Gasteiger partial charge on any atom is -0.496 e. The Hall–Kier alpha value is -3.65. The molecule has 3 rings (SSSR count). The van der Waals surface area contributed by atoms with Crippen LogP contribution in [0.1, 0.15) is 35.0 Å². The van der Waals surface area contributed by atoms with E-state index in [1.807, 2.05) is 6.92 Å². The second-order valence-electron chi connectivity index (χ2n) is 7.93. The predicted octanol–water partition coefficient (Wildman–Crippen LogP) is 4.53. The number of nitrogens with zero attached hydrogens (tertiary/aromatic N) is 2. The summed E-state index contributed by atoms with van der Waals surface area (Å²) in [5, 5.41) is 0. The van der Waals surface area contributed by atoms with Crippen LogP contribution in [0.4, 0.5) is 4.39 Å². The summed E-state index contributed by atoms with van der Waals surface area (Å²) in [6.07, 6.45) is 2.12. The first-order valence-corrected chi connectivity index (χ1v) is 11.6. The van der Waals surface area contributed by atoms with Crippen molar-refractivity contribution in [1.82, 2.24) is 9.80 Å². The van der Waals surface area contributed by atoms with E-state index < -0.39 is 0 Å². The lowest BCUT2D eigenvalue weighted by Gasteiger charge is -2.28. The standard InChI is InChI=1S/C27H31FN2O5/c1-3-34-16-7-15-29(27(32)24-9-4-5-10-25(24)33-2)20-26(31)30(19-23-8-6-17-35-23)18-21-11-13-22(28)14-12-21/h4-6,8-14,17H,3,7,15-16,18-20H2,1-2H3. The van der Waals surface area contributed by atoms with Gasteiger partial charge in [0.25, 0.3) is 5.91 Å². The summed E-state index contributed by atoms with van der Waals surface area (Å²) in [6, 6.07) is 16.5. The number of carbonyl (C=O) groups is 2. The first-order chi connectivity index (χ1) is 17.0. The summed E-state index contributed by atoms with van der Waals surface area (Å²) in [5.41, 5.74) is 1.15. The average Bonchev–Trinajstić information content (AvgIpc) is 3.39. The highest BCUT2D eigenvalue weighted by Gasteiger charge is 2.25. The lowest BCUT2D eigenvalue weighted by atomic mass is 10.1. The number of halogens is 1. The number of amides is 2. The van der Waals surface area contributed by atoms with E-state index in [9.17, 15) is 14.0 Å². The molecular weight excluding hydrogens is 451 g/mol. The van der Waals surface area contributed by atoms with Crippen molar-refractivity contribution in [1.29, 1.82) is 0 Å². The minimum absolute atomic E-state index is 0.134. The van der Waals surface area contributed by atoms with Crippen molar-refractivity contribution in [2.75, 3.05) is 33.4 Å². The summed E-state index contributed by atoms with van der Waals surface area (Å²) in [5.74, 6) is 0.149. The van der Waals surface area contributed by atoms with Crippen molar-refractivity contribution >= 4 is 11.8 Å². The van der Waals surface area contributed by atoms with Crippen LogP contribution in [0.2, 0.25) is 0 Å². The molecule has 186 valence electrons. The van der Waals surface area contributed by atoms with Crippen LogP contribution in [0.15, 0.2) is 71.3 Å². The Labute approximate surface area is 205 Å². The van der Waals surface area contributed by atoms with Crippen LogP contribution in [0.25, 0.3) is 0 Å². The Morgan fingerprint density at radius 3 is 2.43 bits per heavy atom. The Balaban J connectivity index is 1.81. The third kappa shape index (κ3) is 7.68. The van der Waals surface area contributed by atoms with Crippen LogP contribution in [0.5, 0.6) is 5.75 Å². The number of benzene rings is 2. The maximum atomic E-state index is 13.5. The van der Waals surface area contributed by atoms with Crippen LogP contribution in [-0.4, -0.2) is 55.0 Å². The largest absolute Gasteiger partial charge is 0.496 e. The Kier molecular flexibility index (Phi) is 9.86. The number of para-hydroxylation sites is 1. The van der Waals surface area contributed by atoms with Gasteiger partial charge in [-0.1, -0.05) is 24.3 Å². The third-order valence-electron chi connectivity index (χ3n) is 5.44. The molecule has 0 radical (unpaired) electrons. The van der Waals surface area contributed by atoms with Gasteiger partial charge in [0, 0.05) is 26.3 Å². The van der Waals surface area contributed by atoms with E-state index in [-0.39, 0.29) is 37.3 Å². The van der Waals surface area contributed by atoms with Gasteiger partial charge in [-0.15, -0.1) is 0 Å². The summed E-state index contributed by atoms with van der Waals surface area (Å²) >= 11 is 0. The Bertz CT molecular complexity index is 1070. The van der Waals surface area contributed by atoms with Crippen LogP contribution in [-0.2, 0) is 22.6 Å². The van der Waals surface area contributed by atoms with Crippen molar-refractivity contribution in [2.24, 2.45) is 0 Å². The van der Waals surface area contributed by atoms with Crippen LogP contribution < -0.4 is 4.74 Å². The average molecular weight is 483 g/mol. The van der Waals surface area contributed by atoms with Crippen LogP contribution in [0.3, 0.4) is 0 Å². The Morgan fingerprint density at radius 1 is 0.971 bits per heavy atom. The predicted molar refractivity (Wildman–Crippen MR) is 129 cm³/mol. The number of hydrogen-bond acceptors (Lipinski definition) is 5. The number of carbonyl (C=O) groups excluding carboxylic acids is 2. The fraction of sp³-hybridized carbons (Fsp3) is 0.333. The molecule has 8 heteroatoms. The van der Waals surface area contributed by atoms with Crippen molar-refractivity contribution in [3.8, 4) is 5.75 Å². The number of hydrogen-bond donors (Lipinski definition) is 0. The molecule has 1 heterocycles. The molecule has 0 N–H and O–H groups in total. The second kappa shape index (κ2) is 13.3. The maximum Gasteiger partial charge on any atom is 0.258 e. The molecule has 0 atom stereocenters. The monoisotopic (exact) mass is 482 g/mol. The lowest BCUT2D eigenvalue weighted by molar-refractivity contribution is -0.133. The molecule has 2 aromatic carbocycles. The quantitative estimate of drug-likeness (QED) is 0.335. The van der Waals surface area contributed by atoms with Gasteiger partial charge >= 0.3 is 0 Å². The smallest absolute Gasteiger partial charge is 0.258 e. The van der Waals surface area contributed by atoms with Gasteiger partial charge in [-0.05, 0) is 55.3 Å². The number of furan rings is 1. The summed E-state index contributed by atoms with van der Waals surface area (Å²) in [4.78, 5) is 30.0. The van der Waals surface area contributed by atoms with Gasteiger partial charge < -0.3 is 23.7 Å². The van der Waals surface area contributed by atoms with Crippen LogP contribution >= 0.6 is 0 Å². The van der Waals surface area contributed by atoms with Gasteiger partial charge in [-0.2, -0.15) is 0 Å². The van der Waals surface area contributed by atoms with Gasteiger partial charge in [-0.25, -0.2) is 4.39 Å². The minimum atomic E-state index is -0.347. The molecule has 0 bridgehead atoms. The molecule has 0 aliphatic heterocycles. The first kappa shape index (κ1) is 26.0. The molecule has 0 spiro atoms. The number of ether oxygens (including phenoxy) is 2. The van der Waals surface area contributed by atoms with Gasteiger partial charge in [0.15, 0.2) is 0 Å². The van der Waals surface area contributed by atoms with E-state index in [1.165, 1.54) is 24.1 Å². The van der Waals surface area contributed by atoms with Crippen molar-refractivity contribution in [3.05, 3.63) is 89.6 Å². The molecule has 1 aromatic heterocycles. The Morgan fingerprint density at radius 2 is 1.74 bits per heavy atom. The van der Waals surface area contributed by atoms with E-state index in [2.05, 4.69) is 0 Å². The zero-order valence-corrected chi connectivity index (χ0v) is 20.1. The van der Waals surface area contributed by atoms with Gasteiger partial charge in [0.05, 0.1) is 25.5 Å². The van der Waals surface area contributed by atoms with E-state index in [0.717, 1.165) is 5.56 Å². The van der Waals surface area contributed by atoms with Gasteiger partial charge in [0.1, 0.15) is 23.9 Å². The molecule has 0 aliphatic rings. The first-order valence-electron chi connectivity index (χ1n) is 11.6. The summed E-state index contributed by atoms with van der Waals surface area (Å²) in [7, 11) is 1.50. The maximum absolute atomic E-state index is 13.5. The van der Waals surface area contributed by atoms with E-state index in [4.69, 9.17) is 13.9 Å². The normalized spacial score (nSPS) is 10.7. The topological polar surface area (TPSA) is 72.2 Å².